The van der Waals surface area contributed by atoms with E-state index in [0.29, 0.717) is 30.2 Å². The van der Waals surface area contributed by atoms with Crippen LogP contribution in [0.4, 0.5) is 0 Å². The van der Waals surface area contributed by atoms with Gasteiger partial charge in [0.1, 0.15) is 18.1 Å². The number of amides is 1. The van der Waals surface area contributed by atoms with Crippen LogP contribution in [0.15, 0.2) is 49.1 Å². The smallest absolute Gasteiger partial charge is 0.254 e. The summed E-state index contributed by atoms with van der Waals surface area (Å²) in [5.74, 6) is 2.51. The Hall–Kier alpha value is -3.15. The van der Waals surface area contributed by atoms with Crippen LogP contribution in [0.5, 0.6) is 23.0 Å². The van der Waals surface area contributed by atoms with Crippen molar-refractivity contribution in [1.29, 1.82) is 0 Å². The van der Waals surface area contributed by atoms with E-state index in [1.54, 1.807) is 45.6 Å². The van der Waals surface area contributed by atoms with Crippen molar-refractivity contribution in [3.63, 3.8) is 0 Å². The van der Waals surface area contributed by atoms with E-state index in [-0.39, 0.29) is 11.9 Å². The van der Waals surface area contributed by atoms with Crippen molar-refractivity contribution in [3.05, 3.63) is 60.2 Å². The molecule has 0 aromatic heterocycles. The lowest BCUT2D eigenvalue weighted by molar-refractivity contribution is 0.0733. The molecule has 6 heteroatoms. The maximum Gasteiger partial charge on any atom is 0.254 e. The molecular formula is C23H27NO5. The minimum atomic E-state index is -0.0500. The second-order valence-electron chi connectivity index (χ2n) is 6.73. The maximum absolute atomic E-state index is 13.3. The highest BCUT2D eigenvalue weighted by atomic mass is 16.5. The number of nitrogens with zero attached hydrogens (tertiary/aromatic N) is 1. The molecule has 6 nitrogen and oxygen atoms in total. The van der Waals surface area contributed by atoms with Crippen LogP contribution in [0.25, 0.3) is 0 Å². The lowest BCUT2D eigenvalue weighted by Crippen LogP contribution is -2.30. The lowest BCUT2D eigenvalue weighted by Gasteiger charge is -2.27. The summed E-state index contributed by atoms with van der Waals surface area (Å²) < 4.78 is 21.8. The van der Waals surface area contributed by atoms with Gasteiger partial charge in [-0.3, -0.25) is 4.79 Å². The Morgan fingerprint density at radius 1 is 1.07 bits per heavy atom. The zero-order chi connectivity index (χ0) is 20.8. The quantitative estimate of drug-likeness (QED) is 0.623. The van der Waals surface area contributed by atoms with Crippen LogP contribution in [0.3, 0.4) is 0 Å². The molecule has 0 radical (unpaired) electrons. The molecule has 1 heterocycles. The summed E-state index contributed by atoms with van der Waals surface area (Å²) in [6.07, 6.45) is 3.48. The van der Waals surface area contributed by atoms with Gasteiger partial charge in [-0.1, -0.05) is 12.7 Å². The molecule has 1 saturated heterocycles. The van der Waals surface area contributed by atoms with E-state index < -0.39 is 0 Å². The van der Waals surface area contributed by atoms with Crippen LogP contribution in [-0.2, 0) is 0 Å². The minimum absolute atomic E-state index is 0.0426. The number of hydrogen-bond acceptors (Lipinski definition) is 5. The first-order valence-electron chi connectivity index (χ1n) is 9.57. The highest BCUT2D eigenvalue weighted by Gasteiger charge is 2.33. The summed E-state index contributed by atoms with van der Waals surface area (Å²) >= 11 is 0. The molecule has 0 aliphatic carbocycles. The third-order valence-corrected chi connectivity index (χ3v) is 5.08. The number of benzene rings is 2. The number of hydrogen-bond donors (Lipinski definition) is 0. The van der Waals surface area contributed by atoms with Gasteiger partial charge in [0.15, 0.2) is 11.5 Å². The van der Waals surface area contributed by atoms with Crippen molar-refractivity contribution >= 4 is 5.91 Å². The van der Waals surface area contributed by atoms with Gasteiger partial charge in [-0.25, -0.2) is 0 Å². The molecule has 1 unspecified atom stereocenters. The lowest BCUT2D eigenvalue weighted by atomic mass is 10.0. The third-order valence-electron chi connectivity index (χ3n) is 5.08. The second-order valence-corrected chi connectivity index (χ2v) is 6.73. The van der Waals surface area contributed by atoms with E-state index in [0.717, 1.165) is 29.9 Å². The number of methoxy groups -OCH3 is 3. The molecule has 1 amide bonds. The zero-order valence-electron chi connectivity index (χ0n) is 17.1. The molecule has 1 atom stereocenters. The predicted octanol–water partition coefficient (Wildman–Crippen LogP) is 4.25. The molecule has 154 valence electrons. The molecule has 1 aliphatic rings. The van der Waals surface area contributed by atoms with Crippen molar-refractivity contribution in [3.8, 4) is 23.0 Å². The molecule has 1 aliphatic heterocycles. The number of likely N-dealkylation sites (tertiary alicyclic amines) is 1. The fraction of sp³-hybridized carbons (Fsp3) is 0.348. The summed E-state index contributed by atoms with van der Waals surface area (Å²) in [6, 6.07) is 10.9. The Morgan fingerprint density at radius 2 is 1.86 bits per heavy atom. The van der Waals surface area contributed by atoms with Crippen LogP contribution in [0, 0.1) is 0 Å². The maximum atomic E-state index is 13.3. The highest BCUT2D eigenvalue weighted by molar-refractivity contribution is 5.95. The monoisotopic (exact) mass is 397 g/mol. The van der Waals surface area contributed by atoms with E-state index in [1.165, 1.54) is 0 Å². The predicted molar refractivity (Wildman–Crippen MR) is 111 cm³/mol. The second kappa shape index (κ2) is 9.37. The Kier molecular flexibility index (Phi) is 6.65. The molecule has 0 saturated carbocycles. The SMILES string of the molecule is C=CCOc1ccc(C(=O)N2CCCC2c2ccc(OC)cc2OC)cc1OC. The Morgan fingerprint density at radius 3 is 2.55 bits per heavy atom. The largest absolute Gasteiger partial charge is 0.497 e. The molecule has 0 N–H and O–H groups in total. The topological polar surface area (TPSA) is 57.2 Å². The molecule has 2 aromatic carbocycles. The van der Waals surface area contributed by atoms with Gasteiger partial charge in [0.2, 0.25) is 0 Å². The number of carbonyl (C=O) groups is 1. The number of rotatable bonds is 8. The Balaban J connectivity index is 1.88. The van der Waals surface area contributed by atoms with Crippen molar-refractivity contribution in [2.75, 3.05) is 34.5 Å². The molecule has 29 heavy (non-hydrogen) atoms. The summed E-state index contributed by atoms with van der Waals surface area (Å²) in [6.45, 7) is 4.71. The fourth-order valence-electron chi connectivity index (χ4n) is 3.66. The molecule has 0 bridgehead atoms. The van der Waals surface area contributed by atoms with Crippen LogP contribution >= 0.6 is 0 Å². The van der Waals surface area contributed by atoms with Gasteiger partial charge in [0.05, 0.1) is 27.4 Å². The molecule has 3 rings (SSSR count). The standard InChI is InChI=1S/C23H27NO5/c1-5-13-29-20-11-8-16(14-22(20)28-4)23(25)24-12-6-7-19(24)18-10-9-17(26-2)15-21(18)27-3/h5,8-11,14-15,19H,1,6-7,12-13H2,2-4H3. The van der Waals surface area contributed by atoms with E-state index in [2.05, 4.69) is 6.58 Å². The first-order valence-corrected chi connectivity index (χ1v) is 9.57. The van der Waals surface area contributed by atoms with E-state index in [4.69, 9.17) is 18.9 Å². The van der Waals surface area contributed by atoms with Crippen LogP contribution < -0.4 is 18.9 Å². The van der Waals surface area contributed by atoms with E-state index >= 15 is 0 Å². The van der Waals surface area contributed by atoms with Gasteiger partial charge in [-0.05, 0) is 43.2 Å². The summed E-state index contributed by atoms with van der Waals surface area (Å²) in [5.41, 5.74) is 1.55. The Bertz CT molecular complexity index is 880. The summed E-state index contributed by atoms with van der Waals surface area (Å²) in [7, 11) is 4.81. The molecule has 0 spiro atoms. The van der Waals surface area contributed by atoms with Crippen molar-refractivity contribution < 1.29 is 23.7 Å². The Labute approximate surface area is 171 Å². The van der Waals surface area contributed by atoms with Crippen molar-refractivity contribution in [2.45, 2.75) is 18.9 Å². The summed E-state index contributed by atoms with van der Waals surface area (Å²) in [5, 5.41) is 0. The minimum Gasteiger partial charge on any atom is -0.497 e. The van der Waals surface area contributed by atoms with Gasteiger partial charge >= 0.3 is 0 Å². The van der Waals surface area contributed by atoms with Crippen molar-refractivity contribution in [1.82, 2.24) is 4.90 Å². The van der Waals surface area contributed by atoms with Gasteiger partial charge in [-0.2, -0.15) is 0 Å². The van der Waals surface area contributed by atoms with Crippen LogP contribution in [0.2, 0.25) is 0 Å². The van der Waals surface area contributed by atoms with Gasteiger partial charge in [0, 0.05) is 23.7 Å². The number of carbonyl (C=O) groups excluding carboxylic acids is 1. The van der Waals surface area contributed by atoms with Crippen LogP contribution in [0.1, 0.15) is 34.8 Å². The van der Waals surface area contributed by atoms with Gasteiger partial charge < -0.3 is 23.8 Å². The van der Waals surface area contributed by atoms with Crippen molar-refractivity contribution in [2.24, 2.45) is 0 Å². The van der Waals surface area contributed by atoms with E-state index in [1.807, 2.05) is 23.1 Å². The number of ether oxygens (including phenoxy) is 4. The molecule has 1 fully saturated rings. The normalized spacial score (nSPS) is 15.7. The highest BCUT2D eigenvalue weighted by Crippen LogP contribution is 2.40. The average molecular weight is 397 g/mol. The zero-order valence-corrected chi connectivity index (χ0v) is 17.1. The first-order chi connectivity index (χ1) is 14.1. The van der Waals surface area contributed by atoms with Crippen LogP contribution in [-0.4, -0.2) is 45.3 Å². The summed E-state index contributed by atoms with van der Waals surface area (Å²) in [4.78, 5) is 15.2. The van der Waals surface area contributed by atoms with Gasteiger partial charge in [0.25, 0.3) is 5.91 Å². The molecule has 2 aromatic rings. The molecular weight excluding hydrogens is 370 g/mol. The van der Waals surface area contributed by atoms with E-state index in [9.17, 15) is 4.79 Å². The average Bonchev–Trinajstić information content (AvgIpc) is 3.26. The third kappa shape index (κ3) is 4.31. The first kappa shape index (κ1) is 20.6. The van der Waals surface area contributed by atoms with Gasteiger partial charge in [-0.15, -0.1) is 0 Å². The fourth-order valence-corrected chi connectivity index (χ4v) is 3.66.